The largest absolute Gasteiger partial charge is 0.368 e. The number of piperidine rings is 1. The van der Waals surface area contributed by atoms with E-state index in [0.717, 1.165) is 61.3 Å². The minimum atomic E-state index is -0.120. The molecule has 1 saturated heterocycles. The molecule has 1 atom stereocenters. The van der Waals surface area contributed by atoms with Crippen LogP contribution in [0.3, 0.4) is 0 Å². The SMILES string of the molecule is CCN(c1cc(C)cc(C(=O)NCC2=C(C)CC(C)NC2=O)c1C)C1CCNCC1. The number of anilines is 1. The number of nitrogens with zero attached hydrogens (tertiary/aromatic N) is 1. The lowest BCUT2D eigenvalue weighted by atomic mass is 9.96. The Morgan fingerprint density at radius 3 is 2.53 bits per heavy atom. The van der Waals surface area contributed by atoms with Gasteiger partial charge in [0.05, 0.1) is 0 Å². The van der Waals surface area contributed by atoms with E-state index < -0.39 is 0 Å². The zero-order valence-electron chi connectivity index (χ0n) is 19.0. The third-order valence-electron chi connectivity index (χ3n) is 6.37. The molecule has 1 aromatic carbocycles. The summed E-state index contributed by atoms with van der Waals surface area (Å²) in [6, 6.07) is 4.79. The highest BCUT2D eigenvalue weighted by molar-refractivity contribution is 6.00. The van der Waals surface area contributed by atoms with Crippen LogP contribution < -0.4 is 20.9 Å². The van der Waals surface area contributed by atoms with E-state index in [-0.39, 0.29) is 24.4 Å². The van der Waals surface area contributed by atoms with Gasteiger partial charge in [0.1, 0.15) is 0 Å². The molecule has 0 radical (unpaired) electrons. The summed E-state index contributed by atoms with van der Waals surface area (Å²) in [5.41, 5.74) is 5.65. The molecule has 1 unspecified atom stereocenters. The average molecular weight is 413 g/mol. The van der Waals surface area contributed by atoms with E-state index in [0.29, 0.717) is 17.2 Å². The van der Waals surface area contributed by atoms with Gasteiger partial charge in [0.25, 0.3) is 5.91 Å². The zero-order chi connectivity index (χ0) is 21.8. The fourth-order valence-electron chi connectivity index (χ4n) is 4.75. The molecular formula is C24H36N4O2. The smallest absolute Gasteiger partial charge is 0.251 e. The molecular weight excluding hydrogens is 376 g/mol. The quantitative estimate of drug-likeness (QED) is 0.672. The van der Waals surface area contributed by atoms with Crippen LogP contribution >= 0.6 is 0 Å². The summed E-state index contributed by atoms with van der Waals surface area (Å²) in [7, 11) is 0. The lowest BCUT2D eigenvalue weighted by molar-refractivity contribution is -0.118. The molecule has 3 N–H and O–H groups in total. The first kappa shape index (κ1) is 22.3. The van der Waals surface area contributed by atoms with Gasteiger partial charge in [-0.25, -0.2) is 0 Å². The van der Waals surface area contributed by atoms with Crippen LogP contribution in [-0.2, 0) is 4.79 Å². The van der Waals surface area contributed by atoms with Gasteiger partial charge in [-0.2, -0.15) is 0 Å². The van der Waals surface area contributed by atoms with Crippen molar-refractivity contribution in [3.8, 4) is 0 Å². The van der Waals surface area contributed by atoms with E-state index in [9.17, 15) is 9.59 Å². The average Bonchev–Trinajstić information content (AvgIpc) is 2.70. The molecule has 2 aliphatic rings. The summed E-state index contributed by atoms with van der Waals surface area (Å²) in [6.07, 6.45) is 3.06. The zero-order valence-corrected chi connectivity index (χ0v) is 19.0. The van der Waals surface area contributed by atoms with E-state index in [4.69, 9.17) is 0 Å². The number of rotatable bonds is 6. The molecule has 0 spiro atoms. The standard InChI is InChI=1S/C24H36N4O2/c1-6-28(19-7-9-25-10-8-19)22-12-15(2)11-20(18(22)5)23(29)26-14-21-16(3)13-17(4)27-24(21)30/h11-12,17,19,25H,6-10,13-14H2,1-5H3,(H,26,29)(H,27,30). The Labute approximate surface area is 180 Å². The number of carbonyl (C=O) groups is 2. The highest BCUT2D eigenvalue weighted by Crippen LogP contribution is 2.29. The van der Waals surface area contributed by atoms with Crippen molar-refractivity contribution in [2.75, 3.05) is 31.1 Å². The second-order valence-electron chi connectivity index (χ2n) is 8.74. The molecule has 2 amide bonds. The van der Waals surface area contributed by atoms with Crippen molar-refractivity contribution in [3.63, 3.8) is 0 Å². The molecule has 0 saturated carbocycles. The van der Waals surface area contributed by atoms with Crippen molar-refractivity contribution >= 4 is 17.5 Å². The molecule has 1 aromatic rings. The molecule has 0 aromatic heterocycles. The third-order valence-corrected chi connectivity index (χ3v) is 6.37. The summed E-state index contributed by atoms with van der Waals surface area (Å²) in [5.74, 6) is -0.193. The maximum Gasteiger partial charge on any atom is 0.251 e. The van der Waals surface area contributed by atoms with Crippen molar-refractivity contribution in [3.05, 3.63) is 40.0 Å². The first-order valence-corrected chi connectivity index (χ1v) is 11.2. The predicted octanol–water partition coefficient (Wildman–Crippen LogP) is 2.84. The van der Waals surface area contributed by atoms with Crippen molar-refractivity contribution < 1.29 is 9.59 Å². The number of benzene rings is 1. The Balaban J connectivity index is 1.81. The van der Waals surface area contributed by atoms with Crippen LogP contribution in [0.2, 0.25) is 0 Å². The third kappa shape index (κ3) is 4.86. The first-order valence-electron chi connectivity index (χ1n) is 11.2. The van der Waals surface area contributed by atoms with Crippen LogP contribution in [0.4, 0.5) is 5.69 Å². The molecule has 3 rings (SSSR count). The number of carbonyl (C=O) groups excluding carboxylic acids is 2. The lowest BCUT2D eigenvalue weighted by Crippen LogP contribution is -2.43. The van der Waals surface area contributed by atoms with Crippen LogP contribution in [0.1, 0.15) is 61.5 Å². The normalized spacial score (nSPS) is 20.2. The monoisotopic (exact) mass is 412 g/mol. The second kappa shape index (κ2) is 9.65. The maximum atomic E-state index is 13.1. The Morgan fingerprint density at radius 2 is 1.90 bits per heavy atom. The van der Waals surface area contributed by atoms with Gasteiger partial charge >= 0.3 is 0 Å². The van der Waals surface area contributed by atoms with E-state index in [1.54, 1.807) is 0 Å². The van der Waals surface area contributed by atoms with Gasteiger partial charge in [-0.3, -0.25) is 9.59 Å². The molecule has 0 bridgehead atoms. The summed E-state index contributed by atoms with van der Waals surface area (Å²) in [5, 5.41) is 9.37. The van der Waals surface area contributed by atoms with E-state index in [1.165, 1.54) is 0 Å². The van der Waals surface area contributed by atoms with Crippen molar-refractivity contribution in [1.82, 2.24) is 16.0 Å². The van der Waals surface area contributed by atoms with Gasteiger partial charge in [0.15, 0.2) is 0 Å². The van der Waals surface area contributed by atoms with Crippen LogP contribution in [0.25, 0.3) is 0 Å². The van der Waals surface area contributed by atoms with E-state index in [1.807, 2.05) is 33.8 Å². The van der Waals surface area contributed by atoms with Gasteiger partial charge in [-0.1, -0.05) is 5.57 Å². The molecule has 164 valence electrons. The fraction of sp³-hybridized carbons (Fsp3) is 0.583. The Morgan fingerprint density at radius 1 is 1.20 bits per heavy atom. The number of aryl methyl sites for hydroxylation is 1. The summed E-state index contributed by atoms with van der Waals surface area (Å²) >= 11 is 0. The number of hydrogen-bond acceptors (Lipinski definition) is 4. The van der Waals surface area contributed by atoms with E-state index in [2.05, 4.69) is 33.8 Å². The minimum Gasteiger partial charge on any atom is -0.368 e. The Bertz CT molecular complexity index is 840. The summed E-state index contributed by atoms with van der Waals surface area (Å²) in [6.45, 7) is 13.5. The van der Waals surface area contributed by atoms with Crippen LogP contribution in [0.5, 0.6) is 0 Å². The van der Waals surface area contributed by atoms with Crippen molar-refractivity contribution in [2.24, 2.45) is 0 Å². The topological polar surface area (TPSA) is 73.5 Å². The van der Waals surface area contributed by atoms with Crippen molar-refractivity contribution in [1.29, 1.82) is 0 Å². The van der Waals surface area contributed by atoms with Crippen LogP contribution in [0.15, 0.2) is 23.3 Å². The van der Waals surface area contributed by atoms with Crippen molar-refractivity contribution in [2.45, 2.75) is 66.0 Å². The van der Waals surface area contributed by atoms with Gasteiger partial charge in [0.2, 0.25) is 5.91 Å². The molecule has 0 aliphatic carbocycles. The molecule has 2 aliphatic heterocycles. The maximum absolute atomic E-state index is 13.1. The fourth-order valence-corrected chi connectivity index (χ4v) is 4.75. The Kier molecular flexibility index (Phi) is 7.19. The molecule has 30 heavy (non-hydrogen) atoms. The van der Waals surface area contributed by atoms with Gasteiger partial charge < -0.3 is 20.9 Å². The Hall–Kier alpha value is -2.34. The summed E-state index contributed by atoms with van der Waals surface area (Å²) < 4.78 is 0. The van der Waals surface area contributed by atoms with Crippen LogP contribution in [-0.4, -0.2) is 50.1 Å². The van der Waals surface area contributed by atoms with Gasteiger partial charge in [-0.15, -0.1) is 0 Å². The molecule has 6 nitrogen and oxygen atoms in total. The first-order chi connectivity index (χ1) is 14.3. The molecule has 2 heterocycles. The molecule has 1 fully saturated rings. The van der Waals surface area contributed by atoms with E-state index >= 15 is 0 Å². The summed E-state index contributed by atoms with van der Waals surface area (Å²) in [4.78, 5) is 27.8. The number of nitrogens with one attached hydrogen (secondary N) is 3. The predicted molar refractivity (Wildman–Crippen MR) is 122 cm³/mol. The lowest BCUT2D eigenvalue weighted by Gasteiger charge is -2.37. The minimum absolute atomic E-state index is 0.0729. The van der Waals surface area contributed by atoms with Gasteiger partial charge in [0, 0.05) is 42.0 Å². The number of amides is 2. The number of hydrogen-bond donors (Lipinski definition) is 3. The molecule has 6 heteroatoms. The van der Waals surface area contributed by atoms with Gasteiger partial charge in [-0.05, 0) is 90.2 Å². The highest BCUT2D eigenvalue weighted by Gasteiger charge is 2.25. The second-order valence-corrected chi connectivity index (χ2v) is 8.74. The highest BCUT2D eigenvalue weighted by atomic mass is 16.2. The van der Waals surface area contributed by atoms with Crippen LogP contribution in [0, 0.1) is 13.8 Å².